The van der Waals surface area contributed by atoms with Gasteiger partial charge in [-0.3, -0.25) is 9.36 Å². The number of carbonyl (C=O) groups is 1. The lowest BCUT2D eigenvalue weighted by Crippen LogP contribution is -2.36. The molecular weight excluding hydrogens is 523 g/mol. The van der Waals surface area contributed by atoms with Crippen molar-refractivity contribution >= 4 is 31.5 Å². The zero-order valence-electron chi connectivity index (χ0n) is 25.4. The molecule has 0 aromatic heterocycles. The zero-order valence-corrected chi connectivity index (χ0v) is 26.3. The highest BCUT2D eigenvalue weighted by Crippen LogP contribution is 2.48. The molecule has 0 bridgehead atoms. The molecule has 1 N–H and O–H groups in total. The van der Waals surface area contributed by atoms with Crippen LogP contribution in [0.4, 0.5) is 5.69 Å². The third kappa shape index (κ3) is 11.3. The Hall–Kier alpha value is -2.25. The Morgan fingerprint density at radius 3 is 2.62 bits per heavy atom. The summed E-state index contributed by atoms with van der Waals surface area (Å²) in [6.07, 6.45) is 13.7. The Kier molecular flexibility index (Phi) is 14.9. The molecule has 0 saturated heterocycles. The summed E-state index contributed by atoms with van der Waals surface area (Å²) in [4.78, 5) is 16.7. The second-order valence-corrected chi connectivity index (χ2v) is 12.6. The van der Waals surface area contributed by atoms with Crippen molar-refractivity contribution < 1.29 is 23.0 Å². The maximum absolute atomic E-state index is 12.6. The Morgan fingerprint density at radius 1 is 1.18 bits per heavy atom. The molecule has 0 unspecified atom stereocenters. The molecule has 224 valence electrons. The average molecular weight is 575 g/mol. The van der Waals surface area contributed by atoms with Crippen LogP contribution in [-0.4, -0.2) is 94.3 Å². The van der Waals surface area contributed by atoms with Gasteiger partial charge in [-0.1, -0.05) is 18.2 Å². The monoisotopic (exact) mass is 574 g/mol. The van der Waals surface area contributed by atoms with Crippen LogP contribution in [0.2, 0.25) is 0 Å². The number of rotatable bonds is 16. The van der Waals surface area contributed by atoms with Gasteiger partial charge < -0.3 is 31.6 Å². The number of hydrogen-bond donors (Lipinski definition) is 1. The fourth-order valence-electron chi connectivity index (χ4n) is 4.96. The molecule has 8 nitrogen and oxygen atoms in total. The van der Waals surface area contributed by atoms with Gasteiger partial charge in [-0.15, -0.1) is 0 Å². The summed E-state index contributed by atoms with van der Waals surface area (Å²) < 4.78 is 25.7. The van der Waals surface area contributed by atoms with Crippen molar-refractivity contribution in [3.63, 3.8) is 0 Å². The van der Waals surface area contributed by atoms with E-state index in [1.54, 1.807) is 0 Å². The van der Waals surface area contributed by atoms with Crippen molar-refractivity contribution in [1.82, 2.24) is 10.2 Å². The second kappa shape index (κ2) is 17.5. The van der Waals surface area contributed by atoms with E-state index in [4.69, 9.17) is 9.05 Å². The van der Waals surface area contributed by atoms with E-state index in [0.29, 0.717) is 32.3 Å². The van der Waals surface area contributed by atoms with Crippen LogP contribution >= 0.6 is 7.60 Å². The van der Waals surface area contributed by atoms with Crippen LogP contribution in [-0.2, 0) is 24.8 Å². The molecule has 0 radical (unpaired) electrons. The van der Waals surface area contributed by atoms with E-state index in [9.17, 15) is 9.36 Å². The Bertz CT molecular complexity index is 1070. The summed E-state index contributed by atoms with van der Waals surface area (Å²) in [5.41, 5.74) is 5.14. The fourth-order valence-corrected chi connectivity index (χ4v) is 6.61. The molecule has 1 aromatic carbocycles. The van der Waals surface area contributed by atoms with Crippen LogP contribution in [0.3, 0.4) is 0 Å². The van der Waals surface area contributed by atoms with Gasteiger partial charge in [-0.05, 0) is 69.6 Å². The fraction of sp³-hybridized carbons (Fsp3) is 0.581. The molecule has 2 aliphatic rings. The minimum Gasteiger partial charge on any atom is -0.371 e. The molecule has 9 heteroatoms. The van der Waals surface area contributed by atoms with Crippen molar-refractivity contribution in [2.75, 3.05) is 77.6 Å². The van der Waals surface area contributed by atoms with Crippen molar-refractivity contribution in [1.29, 1.82) is 0 Å². The van der Waals surface area contributed by atoms with Crippen molar-refractivity contribution in [3.05, 3.63) is 54.5 Å². The summed E-state index contributed by atoms with van der Waals surface area (Å²) in [6, 6.07) is 6.69. The number of amides is 1. The average Bonchev–Trinajstić information content (AvgIpc) is 2.91. The lowest BCUT2D eigenvalue weighted by atomic mass is 9.98. The number of likely N-dealkylation sites (N-methyl/N-ethyl adjacent to an activating group) is 1. The number of nitrogens with one attached hydrogen (secondary N) is 1. The summed E-state index contributed by atoms with van der Waals surface area (Å²) in [5.74, 6) is 0.121. The van der Waals surface area contributed by atoms with Crippen LogP contribution in [0.15, 0.2) is 35.9 Å². The van der Waals surface area contributed by atoms with Gasteiger partial charge in [0.05, 0.1) is 19.4 Å². The van der Waals surface area contributed by atoms with Crippen molar-refractivity contribution in [3.8, 4) is 0 Å². The number of aryl methyl sites for hydroxylation is 1. The maximum Gasteiger partial charge on any atom is 0.330 e. The first-order valence-corrected chi connectivity index (χ1v) is 16.2. The molecule has 2 heterocycles. The van der Waals surface area contributed by atoms with E-state index in [2.05, 4.69) is 62.3 Å². The molecule has 1 amide bonds. The van der Waals surface area contributed by atoms with E-state index in [1.165, 1.54) is 22.4 Å². The molecule has 0 aliphatic carbocycles. The number of nitrogens with zero attached hydrogens (tertiary/aromatic N) is 3. The van der Waals surface area contributed by atoms with Crippen molar-refractivity contribution in [2.24, 2.45) is 0 Å². The van der Waals surface area contributed by atoms with Gasteiger partial charge in [0, 0.05) is 57.2 Å². The van der Waals surface area contributed by atoms with Gasteiger partial charge >= 0.3 is 7.60 Å². The largest absolute Gasteiger partial charge is 0.371 e. The highest BCUT2D eigenvalue weighted by atomic mass is 31.2. The molecule has 2 aliphatic heterocycles. The smallest absolute Gasteiger partial charge is 0.330 e. The number of carbonyl (C=O) groups excluding carboxylic acids is 1. The number of fused-ring (bicyclic) bond motifs is 1. The Morgan fingerprint density at radius 2 is 1.95 bits per heavy atom. The van der Waals surface area contributed by atoms with Crippen LogP contribution < -0.4 is 10.2 Å². The molecule has 3 rings (SSSR count). The molecule has 40 heavy (non-hydrogen) atoms. The molecule has 1 aromatic rings. The first kappa shape index (κ1) is 34.0. The van der Waals surface area contributed by atoms with Gasteiger partial charge in [-0.25, -0.2) is 4.58 Å². The number of allylic oxidation sites excluding steroid dienone is 2. The zero-order chi connectivity index (χ0) is 28.1. The Labute approximate surface area is 242 Å². The predicted molar refractivity (Wildman–Crippen MR) is 168 cm³/mol. The molecule has 0 fully saturated rings. The number of anilines is 1. The van der Waals surface area contributed by atoms with Crippen LogP contribution in [0.1, 0.15) is 50.7 Å². The first-order chi connectivity index (χ1) is 18.8. The quantitative estimate of drug-likeness (QED) is 0.169. The van der Waals surface area contributed by atoms with E-state index in [-0.39, 0.29) is 13.3 Å². The summed E-state index contributed by atoms with van der Waals surface area (Å²) in [7, 11) is 1.06. The SMILES string of the molecule is CCOP(=O)(CCC[N+]1=CC=C(C=Cc2ccc3c(c2)CCCN3CCC(=O)NCCN(C)C)CC1)OCC.[CH3-]. The standard InChI is InChI=1S/C30H47N4O4P.CH3/c1-5-37-39(36,38-6-2)24-8-18-33-20-14-26(15-21-33)10-11-27-12-13-29-28(25-27)9-7-19-34(29)22-16-30(35)31-17-23-32(3)4;/h10-14,20,25H,5-9,15-19,21-24H2,1-4H3;1H3/q;-1/p+1. The number of benzene rings is 1. The highest BCUT2D eigenvalue weighted by molar-refractivity contribution is 7.53. The molecular formula is C31H51N4O4P. The predicted octanol–water partition coefficient (Wildman–Crippen LogP) is 5.04. The van der Waals surface area contributed by atoms with E-state index >= 15 is 0 Å². The lowest BCUT2D eigenvalue weighted by molar-refractivity contribution is -0.523. The molecule has 0 spiro atoms. The van der Waals surface area contributed by atoms with Gasteiger partial charge in [-0.2, -0.15) is 0 Å². The number of hydrogen-bond acceptors (Lipinski definition) is 6. The highest BCUT2D eigenvalue weighted by Gasteiger charge is 2.24. The lowest BCUT2D eigenvalue weighted by Gasteiger charge is -2.31. The topological polar surface area (TPSA) is 74.1 Å². The second-order valence-electron chi connectivity index (χ2n) is 10.4. The maximum atomic E-state index is 12.6. The third-order valence-corrected chi connectivity index (χ3v) is 9.18. The van der Waals surface area contributed by atoms with Crippen LogP contribution in [0.25, 0.3) is 6.08 Å². The summed E-state index contributed by atoms with van der Waals surface area (Å²) >= 11 is 0. The van der Waals surface area contributed by atoms with E-state index in [1.807, 2.05) is 27.9 Å². The van der Waals surface area contributed by atoms with Gasteiger partial charge in [0.1, 0.15) is 13.1 Å². The van der Waals surface area contributed by atoms with Gasteiger partial charge in [0.2, 0.25) is 5.91 Å². The van der Waals surface area contributed by atoms with Crippen molar-refractivity contribution in [2.45, 2.75) is 46.0 Å². The minimum absolute atomic E-state index is 0. The van der Waals surface area contributed by atoms with Crippen LogP contribution in [0.5, 0.6) is 0 Å². The van der Waals surface area contributed by atoms with Gasteiger partial charge in [0.15, 0.2) is 6.21 Å². The summed E-state index contributed by atoms with van der Waals surface area (Å²) in [6.45, 7) is 9.61. The minimum atomic E-state index is -2.96. The van der Waals surface area contributed by atoms with E-state index < -0.39 is 7.60 Å². The van der Waals surface area contributed by atoms with E-state index in [0.717, 1.165) is 58.4 Å². The first-order valence-electron chi connectivity index (χ1n) is 14.5. The summed E-state index contributed by atoms with van der Waals surface area (Å²) in [5, 5.41) is 3.01. The van der Waals surface area contributed by atoms with Crippen LogP contribution in [0, 0.1) is 7.43 Å². The Balaban J connectivity index is 0.00000560. The normalized spacial score (nSPS) is 15.5. The van der Waals surface area contributed by atoms with Gasteiger partial charge in [0.25, 0.3) is 0 Å². The third-order valence-electron chi connectivity index (χ3n) is 7.01. The molecule has 0 atom stereocenters. The molecule has 0 saturated carbocycles.